The lowest BCUT2D eigenvalue weighted by Gasteiger charge is -2.29. The van der Waals surface area contributed by atoms with E-state index in [4.69, 9.17) is 16.1 Å². The Morgan fingerprint density at radius 1 is 1.28 bits per heavy atom. The second-order valence-corrected chi connectivity index (χ2v) is 8.20. The van der Waals surface area contributed by atoms with Gasteiger partial charge < -0.3 is 0 Å². The maximum absolute atomic E-state index is 12.4. The zero-order valence-corrected chi connectivity index (χ0v) is 17.9. The van der Waals surface area contributed by atoms with Gasteiger partial charge in [-0.3, -0.25) is 24.3 Å². The highest BCUT2D eigenvalue weighted by Gasteiger charge is 2.27. The summed E-state index contributed by atoms with van der Waals surface area (Å²) < 4.78 is 5.24. The Kier molecular flexibility index (Phi) is 7.91. The highest BCUT2D eigenvalue weighted by Crippen LogP contribution is 2.17. The molecule has 156 valence electrons. The van der Waals surface area contributed by atoms with Gasteiger partial charge in [0, 0.05) is 42.7 Å². The van der Waals surface area contributed by atoms with Crippen LogP contribution in [0.5, 0.6) is 0 Å². The van der Waals surface area contributed by atoms with Gasteiger partial charge in [0.05, 0.1) is 17.9 Å². The Balaban J connectivity index is 1.45. The van der Waals surface area contributed by atoms with E-state index in [1.54, 1.807) is 30.0 Å². The van der Waals surface area contributed by atoms with E-state index in [0.29, 0.717) is 17.2 Å². The standard InChI is InChI=1S/C19H24ClN5O3S/c1-15(14-29-19(27)16-5-3-2-4-6-16)18(26)21-17-13-25(22-28-17)24-11-9-23(8-7-20)10-12-24/h2-6,13,15H,7-12,14H2,1H3/p+1/t15-/m1/s1. The maximum Gasteiger partial charge on any atom is 0.305 e. The molecule has 1 fully saturated rings. The number of nitrogens with zero attached hydrogens (tertiary/aromatic N) is 4. The summed E-state index contributed by atoms with van der Waals surface area (Å²) in [6.45, 7) is 6.06. The number of nitrogens with one attached hydrogen (secondary N) is 1. The Morgan fingerprint density at radius 3 is 2.69 bits per heavy atom. The molecule has 1 N–H and O–H groups in total. The number of anilines is 1. The predicted molar refractivity (Wildman–Crippen MR) is 113 cm³/mol. The van der Waals surface area contributed by atoms with Gasteiger partial charge in [0.25, 0.3) is 6.20 Å². The van der Waals surface area contributed by atoms with Crippen molar-refractivity contribution in [3.63, 3.8) is 0 Å². The molecule has 1 aliphatic rings. The minimum Gasteiger partial charge on any atom is -0.298 e. The van der Waals surface area contributed by atoms with Gasteiger partial charge in [-0.2, -0.15) is 5.01 Å². The Hall–Kier alpha value is -2.10. The molecule has 8 nitrogen and oxygen atoms in total. The van der Waals surface area contributed by atoms with Crippen molar-refractivity contribution in [2.45, 2.75) is 6.92 Å². The summed E-state index contributed by atoms with van der Waals surface area (Å²) >= 11 is 6.92. The first-order valence-electron chi connectivity index (χ1n) is 9.52. The number of carbonyl (C=O) groups is 2. The van der Waals surface area contributed by atoms with Crippen LogP contribution < -0.4 is 15.1 Å². The molecule has 0 aliphatic carbocycles. The van der Waals surface area contributed by atoms with Crippen LogP contribution in [0.3, 0.4) is 0 Å². The SMILES string of the molecule is C[C@H](CSC(=O)c1ccccc1)C(=O)Nc1c[n+](N2CCN(CCCl)CC2)no1. The number of aromatic nitrogens is 2. The number of carbonyl (C=O) groups excluding carboxylic acids is 2. The van der Waals surface area contributed by atoms with Crippen molar-refractivity contribution >= 4 is 40.3 Å². The molecule has 0 spiro atoms. The molecule has 10 heteroatoms. The average molecular weight is 439 g/mol. The van der Waals surface area contributed by atoms with Crippen LogP contribution in [0.15, 0.2) is 41.1 Å². The number of alkyl halides is 1. The first kappa shape index (κ1) is 21.6. The molecular weight excluding hydrogens is 414 g/mol. The minimum absolute atomic E-state index is 0.0453. The molecule has 3 rings (SSSR count). The van der Waals surface area contributed by atoms with Crippen LogP contribution in [0.25, 0.3) is 0 Å². The number of hydrogen-bond donors (Lipinski definition) is 1. The number of hydrogen-bond acceptors (Lipinski definition) is 7. The summed E-state index contributed by atoms with van der Waals surface area (Å²) in [5.74, 6) is 0.722. The molecule has 1 aromatic carbocycles. The summed E-state index contributed by atoms with van der Waals surface area (Å²) in [6, 6.07) is 9.04. The van der Waals surface area contributed by atoms with E-state index in [-0.39, 0.29) is 22.8 Å². The van der Waals surface area contributed by atoms with Gasteiger partial charge in [-0.05, 0) is 0 Å². The second-order valence-electron chi connectivity index (χ2n) is 6.83. The summed E-state index contributed by atoms with van der Waals surface area (Å²) in [6.07, 6.45) is 1.66. The molecule has 0 saturated carbocycles. The molecule has 1 atom stereocenters. The summed E-state index contributed by atoms with van der Waals surface area (Å²) in [4.78, 5) is 28.5. The number of amides is 1. The molecule has 2 aromatic rings. The van der Waals surface area contributed by atoms with E-state index < -0.39 is 0 Å². The first-order chi connectivity index (χ1) is 14.1. The van der Waals surface area contributed by atoms with E-state index in [1.807, 2.05) is 23.2 Å². The number of halogens is 1. The Bertz CT molecular complexity index is 811. The van der Waals surface area contributed by atoms with Gasteiger partial charge in [0.1, 0.15) is 0 Å². The fourth-order valence-corrected chi connectivity index (χ4v) is 3.98. The third-order valence-electron chi connectivity index (χ3n) is 4.66. The molecule has 1 saturated heterocycles. The van der Waals surface area contributed by atoms with Gasteiger partial charge in [-0.15, -0.1) is 11.6 Å². The van der Waals surface area contributed by atoms with Crippen molar-refractivity contribution in [3.8, 4) is 0 Å². The third kappa shape index (κ3) is 6.19. The number of rotatable bonds is 8. The lowest BCUT2D eigenvalue weighted by Crippen LogP contribution is -2.65. The van der Waals surface area contributed by atoms with Crippen LogP contribution >= 0.6 is 23.4 Å². The van der Waals surface area contributed by atoms with Crippen molar-refractivity contribution in [2.24, 2.45) is 5.92 Å². The summed E-state index contributed by atoms with van der Waals surface area (Å²) in [5, 5.41) is 8.71. The van der Waals surface area contributed by atoms with Gasteiger partial charge in [-0.1, -0.05) is 49.0 Å². The Morgan fingerprint density at radius 2 is 2.00 bits per heavy atom. The zero-order valence-electron chi connectivity index (χ0n) is 16.3. The summed E-state index contributed by atoms with van der Waals surface area (Å²) in [5.41, 5.74) is 0.632. The van der Waals surface area contributed by atoms with E-state index >= 15 is 0 Å². The molecule has 1 amide bonds. The van der Waals surface area contributed by atoms with E-state index in [9.17, 15) is 9.59 Å². The number of benzene rings is 1. The highest BCUT2D eigenvalue weighted by atomic mass is 35.5. The normalized spacial score (nSPS) is 15.9. The fourth-order valence-electron chi connectivity index (χ4n) is 2.89. The van der Waals surface area contributed by atoms with Crippen molar-refractivity contribution in [2.75, 3.05) is 54.7 Å². The topological polar surface area (TPSA) is 82.6 Å². The summed E-state index contributed by atoms with van der Waals surface area (Å²) in [7, 11) is 0. The third-order valence-corrected chi connectivity index (χ3v) is 6.00. The van der Waals surface area contributed by atoms with Gasteiger partial charge in [0.15, 0.2) is 0 Å². The lowest BCUT2D eigenvalue weighted by atomic mass is 10.2. The zero-order chi connectivity index (χ0) is 20.6. The Labute approximate surface area is 179 Å². The van der Waals surface area contributed by atoms with Gasteiger partial charge in [0.2, 0.25) is 16.3 Å². The van der Waals surface area contributed by atoms with Crippen LogP contribution in [0, 0.1) is 5.92 Å². The lowest BCUT2D eigenvalue weighted by molar-refractivity contribution is -0.759. The van der Waals surface area contributed by atoms with Crippen molar-refractivity contribution in [1.29, 1.82) is 0 Å². The van der Waals surface area contributed by atoms with Crippen LogP contribution in [0.2, 0.25) is 0 Å². The van der Waals surface area contributed by atoms with Crippen LogP contribution in [-0.4, -0.2) is 65.6 Å². The highest BCUT2D eigenvalue weighted by molar-refractivity contribution is 8.14. The first-order valence-corrected chi connectivity index (χ1v) is 11.0. The molecule has 1 aromatic heterocycles. The van der Waals surface area contributed by atoms with E-state index in [0.717, 1.165) is 44.5 Å². The van der Waals surface area contributed by atoms with Crippen LogP contribution in [-0.2, 0) is 4.79 Å². The second kappa shape index (κ2) is 10.6. The van der Waals surface area contributed by atoms with E-state index in [2.05, 4.69) is 15.5 Å². The predicted octanol–water partition coefficient (Wildman–Crippen LogP) is 1.60. The molecular formula is C19H25ClN5O3S+. The van der Waals surface area contributed by atoms with Gasteiger partial charge >= 0.3 is 5.88 Å². The smallest absolute Gasteiger partial charge is 0.298 e. The maximum atomic E-state index is 12.4. The largest absolute Gasteiger partial charge is 0.305 e. The molecule has 1 aliphatic heterocycles. The molecule has 2 heterocycles. The van der Waals surface area contributed by atoms with Crippen molar-refractivity contribution < 1.29 is 18.9 Å². The number of thioether (sulfide) groups is 1. The van der Waals surface area contributed by atoms with Crippen LogP contribution in [0.4, 0.5) is 5.88 Å². The van der Waals surface area contributed by atoms with E-state index in [1.165, 1.54) is 0 Å². The quantitative estimate of drug-likeness (QED) is 0.495. The fraction of sp³-hybridized carbons (Fsp3) is 0.474. The monoisotopic (exact) mass is 438 g/mol. The number of piperazine rings is 1. The molecule has 0 bridgehead atoms. The molecule has 0 unspecified atom stereocenters. The minimum atomic E-state index is -0.356. The average Bonchev–Trinajstić information content (AvgIpc) is 3.21. The van der Waals surface area contributed by atoms with Crippen molar-refractivity contribution in [3.05, 3.63) is 42.1 Å². The van der Waals surface area contributed by atoms with Crippen molar-refractivity contribution in [1.82, 2.24) is 10.2 Å². The molecule has 29 heavy (non-hydrogen) atoms. The molecule has 0 radical (unpaired) electrons. The van der Waals surface area contributed by atoms with Gasteiger partial charge in [-0.25, -0.2) is 0 Å². The van der Waals surface area contributed by atoms with Crippen LogP contribution in [0.1, 0.15) is 17.3 Å².